The van der Waals surface area contributed by atoms with Gasteiger partial charge in [0.05, 0.1) is 17.2 Å². The number of rotatable bonds is 4. The van der Waals surface area contributed by atoms with Gasteiger partial charge in [0.1, 0.15) is 0 Å². The summed E-state index contributed by atoms with van der Waals surface area (Å²) < 4.78 is 38.1. The van der Waals surface area contributed by atoms with E-state index in [4.69, 9.17) is 5.26 Å². The van der Waals surface area contributed by atoms with E-state index < -0.39 is 11.7 Å². The maximum absolute atomic E-state index is 12.7. The summed E-state index contributed by atoms with van der Waals surface area (Å²) in [5.74, 6) is 0. The van der Waals surface area contributed by atoms with Crippen LogP contribution in [0.15, 0.2) is 35.0 Å². The number of halogens is 3. The van der Waals surface area contributed by atoms with Gasteiger partial charge in [-0.05, 0) is 53.9 Å². The molecule has 1 heterocycles. The molecule has 1 aromatic carbocycles. The van der Waals surface area contributed by atoms with E-state index in [1.165, 1.54) is 17.7 Å². The average Bonchev–Trinajstić information content (AvgIpc) is 2.89. The van der Waals surface area contributed by atoms with E-state index in [9.17, 15) is 13.2 Å². The van der Waals surface area contributed by atoms with Gasteiger partial charge in [0.2, 0.25) is 0 Å². The standard InChI is InChI=1S/C15H13F3N2S/c1-10(6-11-4-5-21-9-11)20-13-2-3-14(15(16,17)18)12(7-13)8-19/h2-5,7,9-10,20H,6H2,1H3. The van der Waals surface area contributed by atoms with Gasteiger partial charge in [-0.3, -0.25) is 0 Å². The van der Waals surface area contributed by atoms with Gasteiger partial charge in [-0.15, -0.1) is 0 Å². The number of thiophene rings is 1. The van der Waals surface area contributed by atoms with Crippen LogP contribution >= 0.6 is 11.3 Å². The van der Waals surface area contributed by atoms with Crippen LogP contribution < -0.4 is 5.32 Å². The predicted octanol–water partition coefficient (Wildman–Crippen LogP) is 4.68. The monoisotopic (exact) mass is 310 g/mol. The molecule has 0 spiro atoms. The largest absolute Gasteiger partial charge is 0.417 e. The smallest absolute Gasteiger partial charge is 0.382 e. The third-order valence-electron chi connectivity index (χ3n) is 2.98. The van der Waals surface area contributed by atoms with E-state index in [2.05, 4.69) is 5.32 Å². The lowest BCUT2D eigenvalue weighted by atomic mass is 10.1. The van der Waals surface area contributed by atoms with Gasteiger partial charge in [-0.1, -0.05) is 0 Å². The molecule has 1 aromatic heterocycles. The highest BCUT2D eigenvalue weighted by molar-refractivity contribution is 7.07. The molecule has 110 valence electrons. The molecule has 0 amide bonds. The summed E-state index contributed by atoms with van der Waals surface area (Å²) in [6.07, 6.45) is -3.74. The SMILES string of the molecule is CC(Cc1ccsc1)Nc1ccc(C(F)(F)F)c(C#N)c1. The molecule has 1 unspecified atom stereocenters. The summed E-state index contributed by atoms with van der Waals surface area (Å²) in [7, 11) is 0. The number of benzene rings is 1. The lowest BCUT2D eigenvalue weighted by Gasteiger charge is -2.16. The van der Waals surface area contributed by atoms with Gasteiger partial charge < -0.3 is 5.32 Å². The Hall–Kier alpha value is -2.00. The van der Waals surface area contributed by atoms with E-state index in [0.717, 1.165) is 12.5 Å². The highest BCUT2D eigenvalue weighted by Crippen LogP contribution is 2.33. The lowest BCUT2D eigenvalue weighted by molar-refractivity contribution is -0.137. The summed E-state index contributed by atoms with van der Waals surface area (Å²) in [4.78, 5) is 0. The average molecular weight is 310 g/mol. The van der Waals surface area contributed by atoms with Crippen LogP contribution in [0.25, 0.3) is 0 Å². The van der Waals surface area contributed by atoms with Crippen molar-refractivity contribution in [2.45, 2.75) is 25.6 Å². The molecule has 0 fully saturated rings. The summed E-state index contributed by atoms with van der Waals surface area (Å²) in [6.45, 7) is 1.95. The molecule has 0 saturated carbocycles. The molecule has 1 atom stereocenters. The molecule has 0 saturated heterocycles. The number of anilines is 1. The predicted molar refractivity (Wildman–Crippen MR) is 77.3 cm³/mol. The molecule has 0 aliphatic carbocycles. The van der Waals surface area contributed by atoms with Crippen LogP contribution in [0.5, 0.6) is 0 Å². The number of hydrogen-bond donors (Lipinski definition) is 1. The second-order valence-electron chi connectivity index (χ2n) is 4.75. The molecule has 21 heavy (non-hydrogen) atoms. The van der Waals surface area contributed by atoms with Crippen LogP contribution in [-0.2, 0) is 12.6 Å². The van der Waals surface area contributed by atoms with Crippen molar-refractivity contribution in [2.24, 2.45) is 0 Å². The fourth-order valence-electron chi connectivity index (χ4n) is 2.07. The molecule has 2 nitrogen and oxygen atoms in total. The fourth-order valence-corrected chi connectivity index (χ4v) is 2.75. The number of nitrogens with zero attached hydrogens (tertiary/aromatic N) is 1. The zero-order valence-electron chi connectivity index (χ0n) is 11.2. The zero-order valence-corrected chi connectivity index (χ0v) is 12.1. The van der Waals surface area contributed by atoms with Gasteiger partial charge in [0, 0.05) is 11.7 Å². The lowest BCUT2D eigenvalue weighted by Crippen LogP contribution is -2.18. The van der Waals surface area contributed by atoms with Crippen LogP contribution in [-0.4, -0.2) is 6.04 Å². The molecule has 0 aliphatic rings. The Kier molecular flexibility index (Phi) is 4.53. The van der Waals surface area contributed by atoms with E-state index in [-0.39, 0.29) is 11.6 Å². The zero-order chi connectivity index (χ0) is 15.5. The Morgan fingerprint density at radius 3 is 2.67 bits per heavy atom. The van der Waals surface area contributed by atoms with Gasteiger partial charge in [0.25, 0.3) is 0 Å². The number of hydrogen-bond acceptors (Lipinski definition) is 3. The van der Waals surface area contributed by atoms with E-state index >= 15 is 0 Å². The normalized spacial score (nSPS) is 12.7. The molecule has 1 N–H and O–H groups in total. The highest BCUT2D eigenvalue weighted by Gasteiger charge is 2.33. The van der Waals surface area contributed by atoms with Crippen molar-refractivity contribution in [3.05, 3.63) is 51.7 Å². The molecular weight excluding hydrogens is 297 g/mol. The summed E-state index contributed by atoms with van der Waals surface area (Å²) in [5, 5.41) is 16.0. The van der Waals surface area contributed by atoms with Crippen molar-refractivity contribution < 1.29 is 13.2 Å². The molecular formula is C15H13F3N2S. The Morgan fingerprint density at radius 2 is 2.10 bits per heavy atom. The van der Waals surface area contributed by atoms with E-state index in [0.29, 0.717) is 5.69 Å². The molecule has 2 aromatic rings. The molecule has 0 bridgehead atoms. The summed E-state index contributed by atoms with van der Waals surface area (Å²) >= 11 is 1.60. The minimum Gasteiger partial charge on any atom is -0.382 e. The Bertz CT molecular complexity index is 642. The summed E-state index contributed by atoms with van der Waals surface area (Å²) in [5.41, 5.74) is 0.422. The number of nitrogens with one attached hydrogen (secondary N) is 1. The first-order chi connectivity index (χ1) is 9.90. The topological polar surface area (TPSA) is 35.8 Å². The van der Waals surface area contributed by atoms with Crippen LogP contribution in [0.1, 0.15) is 23.6 Å². The molecule has 2 rings (SSSR count). The maximum atomic E-state index is 12.7. The second-order valence-corrected chi connectivity index (χ2v) is 5.53. The molecule has 6 heteroatoms. The summed E-state index contributed by atoms with van der Waals surface area (Å²) in [6, 6.07) is 7.21. The first-order valence-electron chi connectivity index (χ1n) is 6.29. The van der Waals surface area contributed by atoms with Gasteiger partial charge in [0.15, 0.2) is 0 Å². The van der Waals surface area contributed by atoms with Crippen LogP contribution in [0.2, 0.25) is 0 Å². The van der Waals surface area contributed by atoms with Crippen molar-refractivity contribution in [3.63, 3.8) is 0 Å². The van der Waals surface area contributed by atoms with Crippen molar-refractivity contribution in [1.29, 1.82) is 5.26 Å². The van der Waals surface area contributed by atoms with Crippen LogP contribution in [0, 0.1) is 11.3 Å². The highest BCUT2D eigenvalue weighted by atomic mass is 32.1. The minimum atomic E-state index is -4.51. The molecule has 0 radical (unpaired) electrons. The minimum absolute atomic E-state index is 0.0582. The first-order valence-corrected chi connectivity index (χ1v) is 7.23. The Balaban J connectivity index is 2.13. The fraction of sp³-hybridized carbons (Fsp3) is 0.267. The van der Waals surface area contributed by atoms with Crippen molar-refractivity contribution >= 4 is 17.0 Å². The van der Waals surface area contributed by atoms with Crippen molar-refractivity contribution in [2.75, 3.05) is 5.32 Å². The number of alkyl halides is 3. The van der Waals surface area contributed by atoms with Crippen LogP contribution in [0.3, 0.4) is 0 Å². The quantitative estimate of drug-likeness (QED) is 0.890. The van der Waals surface area contributed by atoms with Crippen molar-refractivity contribution in [1.82, 2.24) is 0 Å². The third-order valence-corrected chi connectivity index (χ3v) is 3.71. The van der Waals surface area contributed by atoms with Crippen LogP contribution in [0.4, 0.5) is 18.9 Å². The Morgan fingerprint density at radius 1 is 1.33 bits per heavy atom. The van der Waals surface area contributed by atoms with Crippen molar-refractivity contribution in [3.8, 4) is 6.07 Å². The third kappa shape index (κ3) is 3.99. The first kappa shape index (κ1) is 15.4. The number of nitriles is 1. The van der Waals surface area contributed by atoms with E-state index in [1.807, 2.05) is 23.8 Å². The van der Waals surface area contributed by atoms with E-state index in [1.54, 1.807) is 17.4 Å². The van der Waals surface area contributed by atoms with Gasteiger partial charge in [-0.2, -0.15) is 29.8 Å². The maximum Gasteiger partial charge on any atom is 0.417 e. The second kappa shape index (κ2) is 6.19. The Labute approximate surface area is 124 Å². The van der Waals surface area contributed by atoms with Gasteiger partial charge >= 0.3 is 6.18 Å². The van der Waals surface area contributed by atoms with Gasteiger partial charge in [-0.25, -0.2) is 0 Å². The molecule has 0 aliphatic heterocycles.